The van der Waals surface area contributed by atoms with Crippen LogP contribution in [0.15, 0.2) is 4.99 Å². The molecule has 6 nitrogen and oxygen atoms in total. The fraction of sp³-hybridized carbons (Fsp3) is 0.938. The molecule has 7 heteroatoms. The molecule has 0 aromatic rings. The lowest BCUT2D eigenvalue weighted by atomic mass is 9.83. The Bertz CT molecular complexity index is 512. The zero-order chi connectivity index (χ0) is 16.9. The second-order valence-corrected chi connectivity index (χ2v) is 9.13. The molecule has 1 heterocycles. The summed E-state index contributed by atoms with van der Waals surface area (Å²) in [6.07, 6.45) is 8.70. The van der Waals surface area contributed by atoms with Crippen molar-refractivity contribution >= 4 is 16.0 Å². The van der Waals surface area contributed by atoms with Crippen molar-refractivity contribution in [1.82, 2.24) is 14.9 Å². The highest BCUT2D eigenvalue weighted by Crippen LogP contribution is 2.40. The van der Waals surface area contributed by atoms with E-state index in [0.717, 1.165) is 25.5 Å². The van der Waals surface area contributed by atoms with Gasteiger partial charge < -0.3 is 10.6 Å². The first-order valence-electron chi connectivity index (χ1n) is 8.78. The molecule has 2 rings (SSSR count). The minimum absolute atomic E-state index is 0.356. The van der Waals surface area contributed by atoms with E-state index in [1.165, 1.54) is 38.4 Å². The van der Waals surface area contributed by atoms with Gasteiger partial charge >= 0.3 is 0 Å². The zero-order valence-corrected chi connectivity index (χ0v) is 15.6. The first-order valence-corrected chi connectivity index (χ1v) is 10.6. The number of hydrogen-bond acceptors (Lipinski definition) is 3. The number of sulfonamides is 1. The van der Waals surface area contributed by atoms with E-state index >= 15 is 0 Å². The minimum Gasteiger partial charge on any atom is -0.356 e. The van der Waals surface area contributed by atoms with E-state index in [0.29, 0.717) is 24.4 Å². The molecule has 0 aromatic carbocycles. The third kappa shape index (κ3) is 5.08. The average molecular weight is 345 g/mol. The lowest BCUT2D eigenvalue weighted by Gasteiger charge is -2.28. The summed E-state index contributed by atoms with van der Waals surface area (Å²) in [4.78, 5) is 4.31. The molecule has 0 amide bonds. The number of aliphatic imine (C=N–C) groups is 1. The molecule has 0 aromatic heterocycles. The van der Waals surface area contributed by atoms with E-state index in [9.17, 15) is 8.42 Å². The van der Waals surface area contributed by atoms with E-state index in [-0.39, 0.29) is 0 Å². The quantitative estimate of drug-likeness (QED) is 0.564. The van der Waals surface area contributed by atoms with Crippen LogP contribution in [0, 0.1) is 11.3 Å². The molecule has 2 fully saturated rings. The molecule has 1 aliphatic heterocycles. The molecule has 0 spiro atoms. The highest BCUT2D eigenvalue weighted by Gasteiger charge is 2.32. The topological polar surface area (TPSA) is 73.8 Å². The van der Waals surface area contributed by atoms with Gasteiger partial charge in [-0.3, -0.25) is 4.99 Å². The fourth-order valence-electron chi connectivity index (χ4n) is 3.78. The van der Waals surface area contributed by atoms with Gasteiger partial charge in [0.15, 0.2) is 5.96 Å². The van der Waals surface area contributed by atoms with Gasteiger partial charge in [-0.25, -0.2) is 12.7 Å². The Balaban J connectivity index is 1.76. The van der Waals surface area contributed by atoms with Crippen LogP contribution in [0.4, 0.5) is 0 Å². The standard InChI is InChI=1S/C16H32N4O2S/c1-4-16(8-5-6-9-16)13-19-15(17-2)18-11-14-7-10-20(12-14)23(3,21)22/h14H,4-13H2,1-3H3,(H2,17,18,19). The van der Waals surface area contributed by atoms with Crippen molar-refractivity contribution in [3.05, 3.63) is 0 Å². The molecular weight excluding hydrogens is 312 g/mol. The van der Waals surface area contributed by atoms with Crippen LogP contribution < -0.4 is 10.6 Å². The molecule has 1 unspecified atom stereocenters. The van der Waals surface area contributed by atoms with Gasteiger partial charge in [-0.05, 0) is 37.0 Å². The van der Waals surface area contributed by atoms with Crippen LogP contribution >= 0.6 is 0 Å². The number of nitrogens with zero attached hydrogens (tertiary/aromatic N) is 2. The van der Waals surface area contributed by atoms with Gasteiger partial charge in [0.25, 0.3) is 0 Å². The summed E-state index contributed by atoms with van der Waals surface area (Å²) in [5, 5.41) is 6.84. The van der Waals surface area contributed by atoms with Gasteiger partial charge in [-0.1, -0.05) is 19.8 Å². The van der Waals surface area contributed by atoms with Crippen LogP contribution in [0.25, 0.3) is 0 Å². The number of hydrogen-bond donors (Lipinski definition) is 2. The molecule has 1 atom stereocenters. The summed E-state index contributed by atoms with van der Waals surface area (Å²) < 4.78 is 24.7. The summed E-state index contributed by atoms with van der Waals surface area (Å²) in [6.45, 7) is 5.27. The van der Waals surface area contributed by atoms with E-state index < -0.39 is 10.0 Å². The molecular formula is C16H32N4O2S. The highest BCUT2D eigenvalue weighted by molar-refractivity contribution is 7.88. The van der Waals surface area contributed by atoms with Crippen LogP contribution in [-0.2, 0) is 10.0 Å². The largest absolute Gasteiger partial charge is 0.356 e. The van der Waals surface area contributed by atoms with Gasteiger partial charge in [-0.2, -0.15) is 0 Å². The van der Waals surface area contributed by atoms with E-state index in [1.807, 2.05) is 0 Å². The predicted octanol–water partition coefficient (Wildman–Crippen LogP) is 1.40. The monoisotopic (exact) mass is 344 g/mol. The van der Waals surface area contributed by atoms with Crippen molar-refractivity contribution in [2.45, 2.75) is 45.4 Å². The lowest BCUT2D eigenvalue weighted by Crippen LogP contribution is -2.44. The maximum absolute atomic E-state index is 11.6. The first-order chi connectivity index (χ1) is 10.9. The Kier molecular flexibility index (Phi) is 6.31. The Labute approximate surface area is 141 Å². The van der Waals surface area contributed by atoms with Crippen LogP contribution in [0.1, 0.15) is 45.4 Å². The maximum Gasteiger partial charge on any atom is 0.211 e. The normalized spacial score (nSPS) is 25.7. The summed E-state index contributed by atoms with van der Waals surface area (Å²) >= 11 is 0. The average Bonchev–Trinajstić information content (AvgIpc) is 3.16. The number of guanidine groups is 1. The molecule has 2 aliphatic rings. The van der Waals surface area contributed by atoms with Gasteiger partial charge in [0.2, 0.25) is 10.0 Å². The second kappa shape index (κ2) is 7.83. The summed E-state index contributed by atoms with van der Waals surface area (Å²) in [6, 6.07) is 0. The van der Waals surface area contributed by atoms with Crippen LogP contribution in [-0.4, -0.2) is 58.2 Å². The van der Waals surface area contributed by atoms with Gasteiger partial charge in [0, 0.05) is 33.2 Å². The fourth-order valence-corrected chi connectivity index (χ4v) is 4.70. The number of rotatable bonds is 6. The van der Waals surface area contributed by atoms with Gasteiger partial charge in [0.1, 0.15) is 0 Å². The first kappa shape index (κ1) is 18.5. The summed E-state index contributed by atoms with van der Waals surface area (Å²) in [7, 11) is -1.26. The molecule has 1 saturated carbocycles. The van der Waals surface area contributed by atoms with Crippen LogP contribution in [0.3, 0.4) is 0 Å². The molecule has 23 heavy (non-hydrogen) atoms. The Morgan fingerprint density at radius 1 is 1.30 bits per heavy atom. The minimum atomic E-state index is -3.05. The van der Waals surface area contributed by atoms with Crippen molar-refractivity contribution in [3.8, 4) is 0 Å². The highest BCUT2D eigenvalue weighted by atomic mass is 32.2. The Hall–Kier alpha value is -0.820. The van der Waals surface area contributed by atoms with Crippen molar-refractivity contribution in [1.29, 1.82) is 0 Å². The summed E-state index contributed by atoms with van der Waals surface area (Å²) in [5.41, 5.74) is 0.429. The lowest BCUT2D eigenvalue weighted by molar-refractivity contribution is 0.283. The predicted molar refractivity (Wildman–Crippen MR) is 95.1 cm³/mol. The molecule has 1 saturated heterocycles. The third-order valence-electron chi connectivity index (χ3n) is 5.54. The van der Waals surface area contributed by atoms with E-state index in [1.54, 1.807) is 11.4 Å². The summed E-state index contributed by atoms with van der Waals surface area (Å²) in [5.74, 6) is 1.19. The molecule has 134 valence electrons. The maximum atomic E-state index is 11.6. The Morgan fingerprint density at radius 3 is 2.52 bits per heavy atom. The van der Waals surface area contributed by atoms with Gasteiger partial charge in [0.05, 0.1) is 6.26 Å². The van der Waals surface area contributed by atoms with Crippen molar-refractivity contribution in [2.75, 3.05) is 39.5 Å². The zero-order valence-electron chi connectivity index (χ0n) is 14.8. The molecule has 1 aliphatic carbocycles. The third-order valence-corrected chi connectivity index (χ3v) is 6.81. The van der Waals surface area contributed by atoms with Crippen molar-refractivity contribution in [2.24, 2.45) is 16.3 Å². The molecule has 2 N–H and O–H groups in total. The molecule has 0 bridgehead atoms. The van der Waals surface area contributed by atoms with Crippen LogP contribution in [0.5, 0.6) is 0 Å². The van der Waals surface area contributed by atoms with E-state index in [4.69, 9.17) is 0 Å². The van der Waals surface area contributed by atoms with Crippen LogP contribution in [0.2, 0.25) is 0 Å². The number of nitrogens with one attached hydrogen (secondary N) is 2. The Morgan fingerprint density at radius 2 is 2.00 bits per heavy atom. The smallest absolute Gasteiger partial charge is 0.211 e. The molecule has 0 radical (unpaired) electrons. The van der Waals surface area contributed by atoms with Gasteiger partial charge in [-0.15, -0.1) is 0 Å². The van der Waals surface area contributed by atoms with Crippen molar-refractivity contribution in [3.63, 3.8) is 0 Å². The SMILES string of the molecule is CCC1(CNC(=NC)NCC2CCN(S(C)(=O)=O)C2)CCCC1. The second-order valence-electron chi connectivity index (χ2n) is 7.14. The van der Waals surface area contributed by atoms with Crippen molar-refractivity contribution < 1.29 is 8.42 Å². The van der Waals surface area contributed by atoms with E-state index in [2.05, 4.69) is 22.5 Å².